The second-order valence-corrected chi connectivity index (χ2v) is 7.39. The van der Waals surface area contributed by atoms with Crippen molar-refractivity contribution in [3.8, 4) is 11.1 Å². The van der Waals surface area contributed by atoms with E-state index in [2.05, 4.69) is 29.6 Å². The number of carboxylic acid groups (broad SMARTS) is 1. The van der Waals surface area contributed by atoms with Crippen LogP contribution in [-0.4, -0.2) is 23.8 Å². The smallest absolute Gasteiger partial charge is 0.407 e. The number of hydrogen-bond donors (Lipinski definition) is 2. The highest BCUT2D eigenvalue weighted by molar-refractivity contribution is 5.95. The van der Waals surface area contributed by atoms with Crippen molar-refractivity contribution in [2.75, 3.05) is 6.61 Å². The van der Waals surface area contributed by atoms with Crippen LogP contribution in [0.2, 0.25) is 0 Å². The van der Waals surface area contributed by atoms with Crippen LogP contribution in [0.5, 0.6) is 0 Å². The van der Waals surface area contributed by atoms with Gasteiger partial charge in [0.2, 0.25) is 5.76 Å². The van der Waals surface area contributed by atoms with Crippen LogP contribution in [0.1, 0.15) is 33.2 Å². The number of alkyl carbamates (subject to hydrolysis) is 1. The zero-order chi connectivity index (χ0) is 21.4. The fraction of sp³-hybridized carbons (Fsp3) is 0.120. The van der Waals surface area contributed by atoms with Gasteiger partial charge < -0.3 is 19.6 Å². The molecule has 154 valence electrons. The quantitative estimate of drug-likeness (QED) is 0.471. The molecule has 0 bridgehead atoms. The molecule has 31 heavy (non-hydrogen) atoms. The topological polar surface area (TPSA) is 88.8 Å². The van der Waals surface area contributed by atoms with Crippen molar-refractivity contribution in [1.82, 2.24) is 5.32 Å². The van der Waals surface area contributed by atoms with Gasteiger partial charge >= 0.3 is 12.1 Å². The lowest BCUT2D eigenvalue weighted by Gasteiger charge is -2.14. The Morgan fingerprint density at radius 1 is 0.903 bits per heavy atom. The van der Waals surface area contributed by atoms with Crippen LogP contribution >= 0.6 is 0 Å². The Bertz CT molecular complexity index is 1260. The predicted molar refractivity (Wildman–Crippen MR) is 115 cm³/mol. The fourth-order valence-corrected chi connectivity index (χ4v) is 4.26. The molecular formula is C25H19NO5. The Hall–Kier alpha value is -4.06. The van der Waals surface area contributed by atoms with E-state index in [1.165, 1.54) is 0 Å². The van der Waals surface area contributed by atoms with Crippen LogP contribution in [0.15, 0.2) is 77.2 Å². The summed E-state index contributed by atoms with van der Waals surface area (Å²) in [6.07, 6.45) is -0.608. The Kier molecular flexibility index (Phi) is 4.67. The molecule has 2 N–H and O–H groups in total. The molecule has 5 rings (SSSR count). The van der Waals surface area contributed by atoms with Gasteiger partial charge in [0.25, 0.3) is 0 Å². The van der Waals surface area contributed by atoms with Crippen LogP contribution < -0.4 is 5.32 Å². The van der Waals surface area contributed by atoms with Gasteiger partial charge in [-0.2, -0.15) is 0 Å². The first-order valence-electron chi connectivity index (χ1n) is 9.96. The van der Waals surface area contributed by atoms with Gasteiger partial charge in [-0.3, -0.25) is 0 Å². The zero-order valence-electron chi connectivity index (χ0n) is 16.5. The van der Waals surface area contributed by atoms with Crippen LogP contribution in [0.25, 0.3) is 22.1 Å². The number of carbonyl (C=O) groups is 2. The fourth-order valence-electron chi connectivity index (χ4n) is 4.26. The minimum Gasteiger partial charge on any atom is -0.475 e. The van der Waals surface area contributed by atoms with Crippen molar-refractivity contribution >= 4 is 23.0 Å². The van der Waals surface area contributed by atoms with E-state index >= 15 is 0 Å². The molecule has 6 nitrogen and oxygen atoms in total. The van der Waals surface area contributed by atoms with Gasteiger partial charge in [-0.25, -0.2) is 9.59 Å². The summed E-state index contributed by atoms with van der Waals surface area (Å²) in [7, 11) is 0. The number of furan rings is 1. The van der Waals surface area contributed by atoms with Crippen LogP contribution in [0.4, 0.5) is 4.79 Å². The highest BCUT2D eigenvalue weighted by Crippen LogP contribution is 2.44. The molecule has 1 heterocycles. The summed E-state index contributed by atoms with van der Waals surface area (Å²) in [6, 6.07) is 23.2. The average molecular weight is 413 g/mol. The molecule has 1 amide bonds. The summed E-state index contributed by atoms with van der Waals surface area (Å²) in [4.78, 5) is 24.0. The third-order valence-corrected chi connectivity index (χ3v) is 5.65. The van der Waals surface area contributed by atoms with E-state index in [4.69, 9.17) is 9.15 Å². The maximum absolute atomic E-state index is 12.4. The lowest BCUT2D eigenvalue weighted by Crippen LogP contribution is -2.26. The number of rotatable bonds is 5. The molecule has 1 aromatic heterocycles. The maximum atomic E-state index is 12.4. The summed E-state index contributed by atoms with van der Waals surface area (Å²) in [6.45, 7) is 0.188. The highest BCUT2D eigenvalue weighted by Gasteiger charge is 2.29. The Balaban J connectivity index is 1.30. The number of nitrogens with one attached hydrogen (secondary N) is 1. The number of hydrogen-bond acceptors (Lipinski definition) is 4. The SMILES string of the molecule is O=C(NCc1c(C(=O)O)oc2ccccc12)OCC1c2ccccc2-c2ccccc21. The third-order valence-electron chi connectivity index (χ3n) is 5.65. The first kappa shape index (κ1) is 18.9. The molecule has 0 unspecified atom stereocenters. The standard InChI is InChI=1S/C25H19NO5/c27-24(28)23-20(19-11-5-6-12-22(19)31-23)13-26-25(29)30-14-21-17-9-3-1-7-15(17)16-8-2-4-10-18(16)21/h1-12,21H,13-14H2,(H,26,29)(H,27,28). The molecule has 0 aliphatic heterocycles. The van der Waals surface area contributed by atoms with Crippen molar-refractivity contribution in [3.05, 3.63) is 95.2 Å². The summed E-state index contributed by atoms with van der Waals surface area (Å²) in [5, 5.41) is 12.7. The normalized spacial score (nSPS) is 12.4. The number of para-hydroxylation sites is 1. The molecular weight excluding hydrogens is 394 g/mol. The molecule has 0 saturated carbocycles. The minimum atomic E-state index is -1.18. The summed E-state index contributed by atoms with van der Waals surface area (Å²) >= 11 is 0. The maximum Gasteiger partial charge on any atom is 0.407 e. The van der Waals surface area contributed by atoms with Gasteiger partial charge in [-0.15, -0.1) is 0 Å². The van der Waals surface area contributed by atoms with Crippen molar-refractivity contribution in [1.29, 1.82) is 0 Å². The molecule has 0 spiro atoms. The second-order valence-electron chi connectivity index (χ2n) is 7.39. The van der Waals surface area contributed by atoms with Gasteiger partial charge in [0, 0.05) is 16.9 Å². The van der Waals surface area contributed by atoms with Crippen molar-refractivity contribution < 1.29 is 23.8 Å². The predicted octanol–water partition coefficient (Wildman–Crippen LogP) is 5.17. The lowest BCUT2D eigenvalue weighted by atomic mass is 9.98. The van der Waals surface area contributed by atoms with Crippen molar-refractivity contribution in [3.63, 3.8) is 0 Å². The number of fused-ring (bicyclic) bond motifs is 4. The number of carbonyl (C=O) groups excluding carboxylic acids is 1. The number of carboxylic acids is 1. The van der Waals surface area contributed by atoms with E-state index in [9.17, 15) is 14.7 Å². The summed E-state index contributed by atoms with van der Waals surface area (Å²) < 4.78 is 10.9. The highest BCUT2D eigenvalue weighted by atomic mass is 16.5. The van der Waals surface area contributed by atoms with E-state index in [0.717, 1.165) is 22.3 Å². The van der Waals surface area contributed by atoms with E-state index in [0.29, 0.717) is 16.5 Å². The van der Waals surface area contributed by atoms with Crippen molar-refractivity contribution in [2.24, 2.45) is 0 Å². The van der Waals surface area contributed by atoms with Crippen LogP contribution in [-0.2, 0) is 11.3 Å². The Morgan fingerprint density at radius 2 is 1.52 bits per heavy atom. The van der Waals surface area contributed by atoms with E-state index < -0.39 is 12.1 Å². The van der Waals surface area contributed by atoms with Crippen LogP contribution in [0, 0.1) is 0 Å². The largest absolute Gasteiger partial charge is 0.475 e. The molecule has 1 aliphatic rings. The molecule has 0 atom stereocenters. The van der Waals surface area contributed by atoms with E-state index in [-0.39, 0.29) is 24.8 Å². The lowest BCUT2D eigenvalue weighted by molar-refractivity contribution is 0.0662. The number of aromatic carboxylic acids is 1. The minimum absolute atomic E-state index is 0.00464. The monoisotopic (exact) mass is 413 g/mol. The molecule has 1 aliphatic carbocycles. The second kappa shape index (κ2) is 7.65. The van der Waals surface area contributed by atoms with Gasteiger partial charge in [0.15, 0.2) is 0 Å². The van der Waals surface area contributed by atoms with E-state index in [1.807, 2.05) is 24.3 Å². The molecule has 6 heteroatoms. The molecule has 4 aromatic rings. The van der Waals surface area contributed by atoms with Gasteiger partial charge in [-0.1, -0.05) is 66.7 Å². The Morgan fingerprint density at radius 3 is 2.19 bits per heavy atom. The van der Waals surface area contributed by atoms with Gasteiger partial charge in [-0.05, 0) is 28.3 Å². The molecule has 0 fully saturated rings. The summed E-state index contributed by atoms with van der Waals surface area (Å²) in [5.41, 5.74) is 5.45. The Labute approximate surface area is 178 Å². The average Bonchev–Trinajstić information content (AvgIpc) is 3.32. The number of benzene rings is 3. The first-order chi connectivity index (χ1) is 15.1. The van der Waals surface area contributed by atoms with E-state index in [1.54, 1.807) is 24.3 Å². The zero-order valence-corrected chi connectivity index (χ0v) is 16.5. The van der Waals surface area contributed by atoms with Gasteiger partial charge in [0.05, 0.1) is 6.54 Å². The third kappa shape index (κ3) is 3.32. The number of amides is 1. The van der Waals surface area contributed by atoms with Crippen molar-refractivity contribution in [2.45, 2.75) is 12.5 Å². The first-order valence-corrected chi connectivity index (χ1v) is 9.96. The molecule has 0 saturated heterocycles. The van der Waals surface area contributed by atoms with Gasteiger partial charge in [0.1, 0.15) is 12.2 Å². The molecule has 3 aromatic carbocycles. The molecule has 0 radical (unpaired) electrons. The summed E-state index contributed by atoms with van der Waals surface area (Å²) in [5.74, 6) is -1.40. The van der Waals surface area contributed by atoms with Crippen LogP contribution in [0.3, 0.4) is 0 Å². The number of ether oxygens (including phenoxy) is 1.